The van der Waals surface area contributed by atoms with Crippen molar-refractivity contribution >= 4 is 5.97 Å². The maximum Gasteiger partial charge on any atom is 0.320 e. The minimum atomic E-state index is -0.0870. The second-order valence-electron chi connectivity index (χ2n) is 4.88. The Morgan fingerprint density at radius 3 is 2.75 bits per heavy atom. The summed E-state index contributed by atoms with van der Waals surface area (Å²) in [5.41, 5.74) is 0. The van der Waals surface area contributed by atoms with Gasteiger partial charge in [0.1, 0.15) is 6.10 Å². The fourth-order valence-electron chi connectivity index (χ4n) is 1.98. The van der Waals surface area contributed by atoms with E-state index in [9.17, 15) is 4.79 Å². The fourth-order valence-corrected chi connectivity index (χ4v) is 1.98. The molecule has 1 saturated carbocycles. The lowest BCUT2D eigenvalue weighted by Crippen LogP contribution is -2.28. The average Bonchev–Trinajstić information content (AvgIpc) is 2.76. The summed E-state index contributed by atoms with van der Waals surface area (Å²) in [6.07, 6.45) is 7.06. The van der Waals surface area contributed by atoms with Crippen LogP contribution in [0, 0.1) is 5.92 Å². The van der Waals surface area contributed by atoms with E-state index < -0.39 is 0 Å². The third-order valence-electron chi connectivity index (χ3n) is 3.38. The van der Waals surface area contributed by atoms with Crippen LogP contribution in [0.5, 0.6) is 0 Å². The summed E-state index contributed by atoms with van der Waals surface area (Å²) in [7, 11) is 0. The molecule has 0 saturated heterocycles. The summed E-state index contributed by atoms with van der Waals surface area (Å²) in [6.45, 7) is 5.71. The summed E-state index contributed by atoms with van der Waals surface area (Å²) in [5.74, 6) is 0.648. The van der Waals surface area contributed by atoms with Gasteiger partial charge in [-0.1, -0.05) is 20.3 Å². The first kappa shape index (κ1) is 13.5. The van der Waals surface area contributed by atoms with E-state index in [0.717, 1.165) is 31.7 Å². The largest absolute Gasteiger partial charge is 0.461 e. The molecule has 16 heavy (non-hydrogen) atoms. The van der Waals surface area contributed by atoms with E-state index in [2.05, 4.69) is 19.2 Å². The second kappa shape index (κ2) is 7.66. The van der Waals surface area contributed by atoms with Gasteiger partial charge < -0.3 is 10.1 Å². The van der Waals surface area contributed by atoms with Gasteiger partial charge in [0.25, 0.3) is 0 Å². The summed E-state index contributed by atoms with van der Waals surface area (Å²) in [5, 5.41) is 3.15. The van der Waals surface area contributed by atoms with Crippen LogP contribution in [-0.2, 0) is 9.53 Å². The lowest BCUT2D eigenvalue weighted by Gasteiger charge is -2.12. The molecule has 1 atom stereocenters. The monoisotopic (exact) mass is 227 g/mol. The van der Waals surface area contributed by atoms with Crippen LogP contribution in [0.4, 0.5) is 0 Å². The molecular formula is C13H25NO2. The summed E-state index contributed by atoms with van der Waals surface area (Å²) in [6, 6.07) is 0. The average molecular weight is 227 g/mol. The van der Waals surface area contributed by atoms with E-state index in [1.807, 2.05) is 0 Å². The first-order chi connectivity index (χ1) is 7.72. The lowest BCUT2D eigenvalue weighted by atomic mass is 10.1. The molecule has 94 valence electrons. The fraction of sp³-hybridized carbons (Fsp3) is 0.923. The van der Waals surface area contributed by atoms with Gasteiger partial charge in [-0.15, -0.1) is 0 Å². The second-order valence-corrected chi connectivity index (χ2v) is 4.88. The van der Waals surface area contributed by atoms with Crippen molar-refractivity contribution in [2.24, 2.45) is 5.92 Å². The molecule has 3 nitrogen and oxygen atoms in total. The van der Waals surface area contributed by atoms with Gasteiger partial charge in [-0.25, -0.2) is 0 Å². The maximum atomic E-state index is 11.4. The van der Waals surface area contributed by atoms with Gasteiger partial charge in [0.05, 0.1) is 6.54 Å². The smallest absolute Gasteiger partial charge is 0.320 e. The van der Waals surface area contributed by atoms with Crippen LogP contribution in [0.1, 0.15) is 52.4 Å². The van der Waals surface area contributed by atoms with Crippen LogP contribution < -0.4 is 5.32 Å². The van der Waals surface area contributed by atoms with Gasteiger partial charge in [-0.3, -0.25) is 4.79 Å². The van der Waals surface area contributed by atoms with Gasteiger partial charge >= 0.3 is 5.97 Å². The molecule has 1 aliphatic carbocycles. The topological polar surface area (TPSA) is 38.3 Å². The normalized spacial score (nSPS) is 18.6. The molecule has 0 bridgehead atoms. The molecular weight excluding hydrogens is 202 g/mol. The van der Waals surface area contributed by atoms with Gasteiger partial charge in [0.15, 0.2) is 0 Å². The molecule has 1 N–H and O–H groups in total. The highest BCUT2D eigenvalue weighted by Gasteiger charge is 2.18. The molecule has 0 radical (unpaired) electrons. The number of esters is 1. The minimum absolute atomic E-state index is 0.0870. The van der Waals surface area contributed by atoms with Crippen molar-refractivity contribution in [3.05, 3.63) is 0 Å². The van der Waals surface area contributed by atoms with Gasteiger partial charge in [0, 0.05) is 0 Å². The van der Waals surface area contributed by atoms with E-state index >= 15 is 0 Å². The van der Waals surface area contributed by atoms with Crippen molar-refractivity contribution in [2.45, 2.75) is 58.5 Å². The van der Waals surface area contributed by atoms with E-state index in [-0.39, 0.29) is 12.1 Å². The Morgan fingerprint density at radius 2 is 2.12 bits per heavy atom. The molecule has 1 aliphatic rings. The highest BCUT2D eigenvalue weighted by atomic mass is 16.5. The molecule has 0 heterocycles. The minimum Gasteiger partial charge on any atom is -0.461 e. The maximum absolute atomic E-state index is 11.4. The third-order valence-corrected chi connectivity index (χ3v) is 3.38. The number of carbonyl (C=O) groups is 1. The van der Waals surface area contributed by atoms with Gasteiger partial charge in [-0.2, -0.15) is 0 Å². The highest BCUT2D eigenvalue weighted by molar-refractivity contribution is 5.71. The first-order valence-corrected chi connectivity index (χ1v) is 6.62. The SMILES string of the molecule is CCC(C)CCNCC(=O)OC1CCCC1. The lowest BCUT2D eigenvalue weighted by molar-refractivity contribution is -0.147. The Hall–Kier alpha value is -0.570. The predicted octanol–water partition coefficient (Wildman–Crippen LogP) is 2.50. The molecule has 3 heteroatoms. The van der Waals surface area contributed by atoms with Crippen molar-refractivity contribution in [1.82, 2.24) is 5.32 Å². The Bertz CT molecular complexity index is 200. The number of ether oxygens (including phenoxy) is 1. The Labute approximate surface area is 98.9 Å². The quantitative estimate of drug-likeness (QED) is 0.536. The van der Waals surface area contributed by atoms with Crippen LogP contribution in [0.2, 0.25) is 0 Å². The van der Waals surface area contributed by atoms with Crippen molar-refractivity contribution in [3.8, 4) is 0 Å². The van der Waals surface area contributed by atoms with Crippen LogP contribution in [0.25, 0.3) is 0 Å². The number of hydrogen-bond donors (Lipinski definition) is 1. The summed E-state index contributed by atoms with van der Waals surface area (Å²) >= 11 is 0. The zero-order valence-electron chi connectivity index (χ0n) is 10.6. The summed E-state index contributed by atoms with van der Waals surface area (Å²) < 4.78 is 5.34. The molecule has 1 unspecified atom stereocenters. The van der Waals surface area contributed by atoms with Crippen LogP contribution in [-0.4, -0.2) is 25.2 Å². The highest BCUT2D eigenvalue weighted by Crippen LogP contribution is 2.20. The first-order valence-electron chi connectivity index (χ1n) is 6.62. The van der Waals surface area contributed by atoms with E-state index in [1.54, 1.807) is 0 Å². The summed E-state index contributed by atoms with van der Waals surface area (Å²) in [4.78, 5) is 11.4. The third kappa shape index (κ3) is 5.50. The Kier molecular flexibility index (Phi) is 6.46. The number of nitrogens with one attached hydrogen (secondary N) is 1. The molecule has 1 fully saturated rings. The molecule has 0 aromatic heterocycles. The van der Waals surface area contributed by atoms with Crippen LogP contribution in [0.15, 0.2) is 0 Å². The van der Waals surface area contributed by atoms with Crippen molar-refractivity contribution in [1.29, 1.82) is 0 Å². The van der Waals surface area contributed by atoms with Gasteiger partial charge in [-0.05, 0) is 44.6 Å². The van der Waals surface area contributed by atoms with E-state index in [4.69, 9.17) is 4.74 Å². The van der Waals surface area contributed by atoms with Crippen molar-refractivity contribution in [3.63, 3.8) is 0 Å². The molecule has 1 rings (SSSR count). The molecule has 0 aliphatic heterocycles. The standard InChI is InChI=1S/C13H25NO2/c1-3-11(2)8-9-14-10-13(15)16-12-6-4-5-7-12/h11-12,14H,3-10H2,1-2H3. The van der Waals surface area contributed by atoms with Crippen LogP contribution in [0.3, 0.4) is 0 Å². The van der Waals surface area contributed by atoms with Gasteiger partial charge in [0.2, 0.25) is 0 Å². The number of hydrogen-bond acceptors (Lipinski definition) is 3. The zero-order chi connectivity index (χ0) is 11.8. The number of carbonyl (C=O) groups excluding carboxylic acids is 1. The van der Waals surface area contributed by atoms with Crippen molar-refractivity contribution < 1.29 is 9.53 Å². The van der Waals surface area contributed by atoms with E-state index in [1.165, 1.54) is 19.3 Å². The Morgan fingerprint density at radius 1 is 1.44 bits per heavy atom. The van der Waals surface area contributed by atoms with Crippen LogP contribution >= 0.6 is 0 Å². The molecule has 0 aromatic rings. The predicted molar refractivity (Wildman–Crippen MR) is 65.3 cm³/mol. The van der Waals surface area contributed by atoms with Crippen molar-refractivity contribution in [2.75, 3.05) is 13.1 Å². The molecule has 0 aromatic carbocycles. The molecule has 0 spiro atoms. The molecule has 0 amide bonds. The van der Waals surface area contributed by atoms with E-state index in [0.29, 0.717) is 6.54 Å². The zero-order valence-corrected chi connectivity index (χ0v) is 10.6. The number of rotatable bonds is 7. The Balaban J connectivity index is 1.97.